The van der Waals surface area contributed by atoms with Crippen molar-refractivity contribution < 1.29 is 13.9 Å². The molecule has 2 heterocycles. The van der Waals surface area contributed by atoms with E-state index in [1.807, 2.05) is 72.2 Å². The van der Waals surface area contributed by atoms with Gasteiger partial charge in [0.1, 0.15) is 11.5 Å². The summed E-state index contributed by atoms with van der Waals surface area (Å²) < 4.78 is 12.7. The van der Waals surface area contributed by atoms with Gasteiger partial charge in [-0.2, -0.15) is 5.10 Å². The number of rotatable bonds is 10. The monoisotopic (exact) mass is 473 g/mol. The van der Waals surface area contributed by atoms with Crippen molar-refractivity contribution in [3.05, 3.63) is 84.8 Å². The first-order valence-electron chi connectivity index (χ1n) is 10.6. The third kappa shape index (κ3) is 6.02. The van der Waals surface area contributed by atoms with Crippen LogP contribution < -0.4 is 10.2 Å². The van der Waals surface area contributed by atoms with Crippen LogP contribution in [-0.2, 0) is 4.79 Å². The average Bonchev–Trinajstić information content (AvgIpc) is 3.54. The van der Waals surface area contributed by atoms with Gasteiger partial charge in [0.05, 0.1) is 18.6 Å². The van der Waals surface area contributed by atoms with E-state index >= 15 is 0 Å². The summed E-state index contributed by atoms with van der Waals surface area (Å²) in [5.41, 5.74) is 4.30. The van der Waals surface area contributed by atoms with E-state index in [2.05, 4.69) is 20.7 Å². The van der Waals surface area contributed by atoms with Gasteiger partial charge in [0.15, 0.2) is 11.0 Å². The fraction of sp³-hybridized carbons (Fsp3) is 0.120. The Kier molecular flexibility index (Phi) is 7.91. The summed E-state index contributed by atoms with van der Waals surface area (Å²) in [7, 11) is 0. The van der Waals surface area contributed by atoms with Crippen molar-refractivity contribution in [2.24, 2.45) is 5.10 Å². The predicted molar refractivity (Wildman–Crippen MR) is 133 cm³/mol. The Morgan fingerprint density at radius 3 is 2.68 bits per heavy atom. The second-order valence-electron chi connectivity index (χ2n) is 6.91. The Hall–Kier alpha value is -4.11. The molecule has 34 heavy (non-hydrogen) atoms. The Morgan fingerprint density at radius 2 is 1.94 bits per heavy atom. The maximum Gasteiger partial charge on any atom is 0.250 e. The number of hydrogen-bond acceptors (Lipinski definition) is 7. The van der Waals surface area contributed by atoms with Crippen molar-refractivity contribution >= 4 is 30.0 Å². The van der Waals surface area contributed by atoms with E-state index < -0.39 is 0 Å². The Bertz CT molecular complexity index is 1250. The van der Waals surface area contributed by atoms with Crippen LogP contribution in [0, 0.1) is 0 Å². The summed E-state index contributed by atoms with van der Waals surface area (Å²) >= 11 is 1.28. The lowest BCUT2D eigenvalue weighted by molar-refractivity contribution is -0.118. The fourth-order valence-electron chi connectivity index (χ4n) is 3.07. The molecule has 0 atom stereocenters. The van der Waals surface area contributed by atoms with Crippen LogP contribution >= 0.6 is 11.8 Å². The van der Waals surface area contributed by atoms with Crippen molar-refractivity contribution in [3.8, 4) is 22.8 Å². The van der Waals surface area contributed by atoms with Crippen LogP contribution in [-0.4, -0.2) is 39.2 Å². The topological polar surface area (TPSA) is 94.5 Å². The molecule has 2 aromatic carbocycles. The molecule has 0 radical (unpaired) electrons. The molecule has 1 N–H and O–H groups in total. The number of allylic oxidation sites excluding steroid dienone is 1. The number of nitrogens with one attached hydrogen (secondary N) is 1. The lowest BCUT2D eigenvalue weighted by atomic mass is 10.2. The SMILES string of the molecule is CCOc1ccc(-n2c(SCC(=O)N/N=C\C=C/c3ccco3)nnc2-c2ccccc2)cc1. The molecule has 0 saturated heterocycles. The van der Waals surface area contributed by atoms with E-state index in [0.29, 0.717) is 23.3 Å². The second-order valence-corrected chi connectivity index (χ2v) is 7.85. The number of hydrogen-bond donors (Lipinski definition) is 1. The first kappa shape index (κ1) is 23.1. The van der Waals surface area contributed by atoms with Gasteiger partial charge in [0, 0.05) is 17.5 Å². The number of hydrazone groups is 1. The molecule has 2 aromatic heterocycles. The number of benzene rings is 2. The molecule has 0 spiro atoms. The Labute approximate surface area is 201 Å². The smallest absolute Gasteiger partial charge is 0.250 e. The van der Waals surface area contributed by atoms with Crippen LogP contribution in [0.5, 0.6) is 5.75 Å². The summed E-state index contributed by atoms with van der Waals surface area (Å²) in [5, 5.41) is 13.3. The molecule has 9 heteroatoms. The van der Waals surface area contributed by atoms with Gasteiger partial charge in [0.2, 0.25) is 0 Å². The van der Waals surface area contributed by atoms with E-state index in [1.165, 1.54) is 18.0 Å². The highest BCUT2D eigenvalue weighted by Crippen LogP contribution is 2.28. The van der Waals surface area contributed by atoms with Crippen LogP contribution in [0.15, 0.2) is 93.7 Å². The third-order valence-electron chi connectivity index (χ3n) is 4.56. The number of nitrogens with zero attached hydrogens (tertiary/aromatic N) is 4. The van der Waals surface area contributed by atoms with Crippen molar-refractivity contribution in [3.63, 3.8) is 0 Å². The molecule has 4 rings (SSSR count). The lowest BCUT2D eigenvalue weighted by Gasteiger charge is -2.11. The molecule has 0 saturated carbocycles. The van der Waals surface area contributed by atoms with Crippen LogP contribution in [0.1, 0.15) is 12.7 Å². The molecule has 0 bridgehead atoms. The highest BCUT2D eigenvalue weighted by Gasteiger charge is 2.17. The number of furan rings is 1. The van der Waals surface area contributed by atoms with E-state index in [4.69, 9.17) is 9.15 Å². The van der Waals surface area contributed by atoms with Crippen molar-refractivity contribution in [1.82, 2.24) is 20.2 Å². The standard InChI is InChI=1S/C25H23N5O3S/c1-2-32-22-14-12-20(13-15-22)30-24(19-8-4-3-5-9-19)28-29-25(30)34-18-23(31)27-26-16-6-10-21-11-7-17-33-21/h3-17H,2,18H2,1H3,(H,27,31)/b10-6-,26-16-. The maximum atomic E-state index is 12.3. The highest BCUT2D eigenvalue weighted by atomic mass is 32.2. The normalized spacial score (nSPS) is 11.3. The van der Waals surface area contributed by atoms with Gasteiger partial charge in [-0.1, -0.05) is 42.1 Å². The minimum Gasteiger partial charge on any atom is -0.494 e. The molecule has 172 valence electrons. The minimum atomic E-state index is -0.254. The van der Waals surface area contributed by atoms with Crippen molar-refractivity contribution in [1.29, 1.82) is 0 Å². The fourth-order valence-corrected chi connectivity index (χ4v) is 3.81. The molecule has 0 aliphatic rings. The molecule has 0 aliphatic heterocycles. The average molecular weight is 474 g/mol. The predicted octanol–water partition coefficient (Wildman–Crippen LogP) is 4.83. The van der Waals surface area contributed by atoms with Gasteiger partial charge in [-0.05, 0) is 55.5 Å². The number of ether oxygens (including phenoxy) is 1. The lowest BCUT2D eigenvalue weighted by Crippen LogP contribution is -2.19. The van der Waals surface area contributed by atoms with Crippen LogP contribution in [0.3, 0.4) is 0 Å². The zero-order valence-electron chi connectivity index (χ0n) is 18.5. The first-order chi connectivity index (χ1) is 16.7. The summed E-state index contributed by atoms with van der Waals surface area (Å²) in [6, 6.07) is 21.1. The van der Waals surface area contributed by atoms with Crippen molar-refractivity contribution in [2.75, 3.05) is 12.4 Å². The summed E-state index contributed by atoms with van der Waals surface area (Å²) in [6.07, 6.45) is 6.50. The van der Waals surface area contributed by atoms with Crippen LogP contribution in [0.2, 0.25) is 0 Å². The summed E-state index contributed by atoms with van der Waals surface area (Å²) in [5.74, 6) is 2.05. The summed E-state index contributed by atoms with van der Waals surface area (Å²) in [4.78, 5) is 12.3. The maximum absolute atomic E-state index is 12.3. The van der Waals surface area contributed by atoms with Gasteiger partial charge in [-0.15, -0.1) is 10.2 Å². The van der Waals surface area contributed by atoms with Crippen molar-refractivity contribution in [2.45, 2.75) is 12.1 Å². The summed E-state index contributed by atoms with van der Waals surface area (Å²) in [6.45, 7) is 2.54. The third-order valence-corrected chi connectivity index (χ3v) is 5.49. The Balaban J connectivity index is 1.46. The number of thioether (sulfide) groups is 1. The molecular formula is C25H23N5O3S. The highest BCUT2D eigenvalue weighted by molar-refractivity contribution is 7.99. The minimum absolute atomic E-state index is 0.128. The van der Waals surface area contributed by atoms with E-state index in [-0.39, 0.29) is 11.7 Å². The molecule has 8 nitrogen and oxygen atoms in total. The molecule has 0 aliphatic carbocycles. The zero-order chi connectivity index (χ0) is 23.6. The number of carbonyl (C=O) groups is 1. The molecule has 0 unspecified atom stereocenters. The number of aromatic nitrogens is 3. The molecular weight excluding hydrogens is 450 g/mol. The molecule has 4 aromatic rings. The second kappa shape index (κ2) is 11.7. The van der Waals surface area contributed by atoms with Gasteiger partial charge >= 0.3 is 0 Å². The largest absolute Gasteiger partial charge is 0.494 e. The van der Waals surface area contributed by atoms with Gasteiger partial charge < -0.3 is 9.15 Å². The van der Waals surface area contributed by atoms with E-state index in [1.54, 1.807) is 24.5 Å². The number of amides is 1. The number of carbonyl (C=O) groups excluding carboxylic acids is 1. The molecule has 0 fully saturated rings. The quantitative estimate of drug-likeness (QED) is 0.201. The van der Waals surface area contributed by atoms with Gasteiger partial charge in [-0.25, -0.2) is 5.43 Å². The van der Waals surface area contributed by atoms with Crippen LogP contribution in [0.4, 0.5) is 0 Å². The van der Waals surface area contributed by atoms with Gasteiger partial charge in [0.25, 0.3) is 5.91 Å². The van der Waals surface area contributed by atoms with Gasteiger partial charge in [-0.3, -0.25) is 9.36 Å². The first-order valence-corrected chi connectivity index (χ1v) is 11.6. The van der Waals surface area contributed by atoms with E-state index in [9.17, 15) is 4.79 Å². The van der Waals surface area contributed by atoms with E-state index in [0.717, 1.165) is 17.0 Å². The Morgan fingerprint density at radius 1 is 1.12 bits per heavy atom. The zero-order valence-corrected chi connectivity index (χ0v) is 19.3. The molecule has 1 amide bonds. The van der Waals surface area contributed by atoms with Crippen LogP contribution in [0.25, 0.3) is 23.2 Å².